The van der Waals surface area contributed by atoms with Gasteiger partial charge in [0.1, 0.15) is 11.4 Å². The van der Waals surface area contributed by atoms with Crippen molar-refractivity contribution >= 4 is 0 Å². The van der Waals surface area contributed by atoms with Gasteiger partial charge in [0.25, 0.3) is 0 Å². The molecule has 20 heavy (non-hydrogen) atoms. The van der Waals surface area contributed by atoms with Gasteiger partial charge in [-0.3, -0.25) is 4.68 Å². The number of ether oxygens (including phenoxy) is 1. The lowest BCUT2D eigenvalue weighted by Crippen LogP contribution is -2.35. The van der Waals surface area contributed by atoms with Gasteiger partial charge in [0.05, 0.1) is 12.8 Å². The van der Waals surface area contributed by atoms with E-state index in [1.807, 2.05) is 29.8 Å². The molecule has 1 aromatic heterocycles. The second-order valence-electron chi connectivity index (χ2n) is 5.38. The molecular weight excluding hydrogens is 252 g/mol. The molecule has 0 amide bonds. The van der Waals surface area contributed by atoms with Gasteiger partial charge in [0.15, 0.2) is 0 Å². The second-order valence-corrected chi connectivity index (χ2v) is 5.38. The highest BCUT2D eigenvalue weighted by atomic mass is 16.5. The van der Waals surface area contributed by atoms with Crippen molar-refractivity contribution in [2.45, 2.75) is 38.3 Å². The van der Waals surface area contributed by atoms with Gasteiger partial charge in [-0.15, -0.1) is 0 Å². The van der Waals surface area contributed by atoms with E-state index in [9.17, 15) is 5.11 Å². The summed E-state index contributed by atoms with van der Waals surface area (Å²) in [5.74, 6) is 0.844. The van der Waals surface area contributed by atoms with Crippen LogP contribution in [0.25, 0.3) is 0 Å². The van der Waals surface area contributed by atoms with Crippen LogP contribution in [-0.4, -0.2) is 22.0 Å². The Bertz CT molecular complexity index is 621. The first-order valence-electron chi connectivity index (χ1n) is 7.07. The third-order valence-electron chi connectivity index (χ3n) is 4.20. The Hall–Kier alpha value is -1.81. The smallest absolute Gasteiger partial charge is 0.119 e. The highest BCUT2D eigenvalue weighted by Gasteiger charge is 2.36. The van der Waals surface area contributed by atoms with E-state index < -0.39 is 5.60 Å². The molecular formula is C16H20N2O2. The van der Waals surface area contributed by atoms with Gasteiger partial charge in [-0.1, -0.05) is 6.07 Å². The maximum absolute atomic E-state index is 11.1. The summed E-state index contributed by atoms with van der Waals surface area (Å²) in [6.07, 6.45) is 3.99. The lowest BCUT2D eigenvalue weighted by atomic mass is 9.78. The highest BCUT2D eigenvalue weighted by molar-refractivity contribution is 5.39. The molecule has 0 bridgehead atoms. The number of rotatable bonds is 3. The molecule has 1 aliphatic carbocycles. The number of fused-ring (bicyclic) bond motifs is 1. The number of nitrogens with zero attached hydrogens (tertiary/aromatic N) is 2. The third-order valence-corrected chi connectivity index (χ3v) is 4.20. The monoisotopic (exact) mass is 272 g/mol. The van der Waals surface area contributed by atoms with Crippen LogP contribution in [0, 0.1) is 0 Å². The summed E-state index contributed by atoms with van der Waals surface area (Å²) in [5, 5.41) is 15.3. The average Bonchev–Trinajstić information content (AvgIpc) is 2.95. The molecule has 0 radical (unpaired) electrons. The molecule has 0 saturated carbocycles. The van der Waals surface area contributed by atoms with E-state index in [2.05, 4.69) is 11.2 Å². The van der Waals surface area contributed by atoms with Gasteiger partial charge in [-0.25, -0.2) is 0 Å². The van der Waals surface area contributed by atoms with Crippen LogP contribution in [-0.2, 0) is 25.0 Å². The Labute approximate surface area is 119 Å². The summed E-state index contributed by atoms with van der Waals surface area (Å²) < 4.78 is 7.16. The van der Waals surface area contributed by atoms with E-state index in [1.54, 1.807) is 13.3 Å². The van der Waals surface area contributed by atoms with Crippen LogP contribution in [0.4, 0.5) is 0 Å². The lowest BCUT2D eigenvalue weighted by molar-refractivity contribution is 0.0135. The number of methoxy groups -OCH3 is 1. The molecule has 1 N–H and O–H groups in total. The molecule has 0 spiro atoms. The quantitative estimate of drug-likeness (QED) is 0.932. The van der Waals surface area contributed by atoms with E-state index in [0.717, 1.165) is 30.8 Å². The van der Waals surface area contributed by atoms with Gasteiger partial charge in [0.2, 0.25) is 0 Å². The minimum Gasteiger partial charge on any atom is -0.497 e. The van der Waals surface area contributed by atoms with Crippen molar-refractivity contribution in [3.63, 3.8) is 0 Å². The fraction of sp³-hybridized carbons (Fsp3) is 0.438. The maximum Gasteiger partial charge on any atom is 0.119 e. The normalized spacial score (nSPS) is 21.6. The molecule has 2 aromatic rings. The van der Waals surface area contributed by atoms with Crippen LogP contribution >= 0.6 is 0 Å². The minimum absolute atomic E-state index is 0.616. The molecule has 1 aliphatic rings. The Morgan fingerprint density at radius 1 is 1.35 bits per heavy atom. The van der Waals surface area contributed by atoms with Gasteiger partial charge >= 0.3 is 0 Å². The minimum atomic E-state index is -0.828. The zero-order valence-corrected chi connectivity index (χ0v) is 12.0. The fourth-order valence-electron chi connectivity index (χ4n) is 3.08. The topological polar surface area (TPSA) is 47.3 Å². The number of benzene rings is 1. The van der Waals surface area contributed by atoms with Gasteiger partial charge in [-0.05, 0) is 49.1 Å². The van der Waals surface area contributed by atoms with Crippen molar-refractivity contribution < 1.29 is 9.84 Å². The third kappa shape index (κ3) is 2.10. The molecule has 0 saturated heterocycles. The van der Waals surface area contributed by atoms with E-state index in [4.69, 9.17) is 4.74 Å². The van der Waals surface area contributed by atoms with Crippen LogP contribution in [0.2, 0.25) is 0 Å². The van der Waals surface area contributed by atoms with E-state index in [1.165, 1.54) is 11.1 Å². The van der Waals surface area contributed by atoms with Crippen molar-refractivity contribution in [3.05, 3.63) is 47.3 Å². The van der Waals surface area contributed by atoms with Crippen molar-refractivity contribution in [3.8, 4) is 5.75 Å². The largest absolute Gasteiger partial charge is 0.497 e. The van der Waals surface area contributed by atoms with E-state index in [-0.39, 0.29) is 0 Å². The number of hydrogen-bond acceptors (Lipinski definition) is 3. The molecule has 3 rings (SSSR count). The van der Waals surface area contributed by atoms with Crippen LogP contribution in [0.15, 0.2) is 30.5 Å². The van der Waals surface area contributed by atoms with E-state index in [0.29, 0.717) is 6.42 Å². The summed E-state index contributed by atoms with van der Waals surface area (Å²) in [7, 11) is 1.67. The molecule has 1 aromatic carbocycles. The Morgan fingerprint density at radius 2 is 2.20 bits per heavy atom. The van der Waals surface area contributed by atoms with Crippen molar-refractivity contribution in [1.82, 2.24) is 9.78 Å². The summed E-state index contributed by atoms with van der Waals surface area (Å²) in [6, 6.07) is 8.05. The molecule has 106 valence electrons. The molecule has 1 atom stereocenters. The molecule has 4 nitrogen and oxygen atoms in total. The van der Waals surface area contributed by atoms with Crippen LogP contribution in [0.1, 0.15) is 30.2 Å². The zero-order valence-electron chi connectivity index (χ0n) is 12.0. The van der Waals surface area contributed by atoms with Crippen LogP contribution in [0.3, 0.4) is 0 Å². The molecule has 1 heterocycles. The first-order valence-corrected chi connectivity index (χ1v) is 7.07. The van der Waals surface area contributed by atoms with Crippen molar-refractivity contribution in [2.75, 3.05) is 7.11 Å². The highest BCUT2D eigenvalue weighted by Crippen LogP contribution is 2.37. The fourth-order valence-corrected chi connectivity index (χ4v) is 3.08. The Kier molecular flexibility index (Phi) is 3.26. The van der Waals surface area contributed by atoms with Crippen LogP contribution < -0.4 is 4.74 Å². The predicted octanol–water partition coefficient (Wildman–Crippen LogP) is 2.29. The first kappa shape index (κ1) is 13.2. The zero-order chi connectivity index (χ0) is 14.2. The van der Waals surface area contributed by atoms with Gasteiger partial charge < -0.3 is 9.84 Å². The average molecular weight is 272 g/mol. The summed E-state index contributed by atoms with van der Waals surface area (Å²) >= 11 is 0. The van der Waals surface area contributed by atoms with Gasteiger partial charge in [-0.2, -0.15) is 5.10 Å². The number of aromatic nitrogens is 2. The predicted molar refractivity (Wildman–Crippen MR) is 76.8 cm³/mol. The van der Waals surface area contributed by atoms with E-state index >= 15 is 0 Å². The second kappa shape index (κ2) is 4.94. The molecule has 0 fully saturated rings. The van der Waals surface area contributed by atoms with Crippen LogP contribution in [0.5, 0.6) is 5.75 Å². The molecule has 1 unspecified atom stereocenters. The number of aliphatic hydroxyl groups is 1. The summed E-state index contributed by atoms with van der Waals surface area (Å²) in [5.41, 5.74) is 2.56. The Morgan fingerprint density at radius 3 is 2.95 bits per heavy atom. The maximum atomic E-state index is 11.1. The number of aryl methyl sites for hydroxylation is 2. The SMILES string of the molecule is CCn1nccc1C1(O)CCc2ccc(OC)cc2C1. The Balaban J connectivity index is 1.97. The lowest BCUT2D eigenvalue weighted by Gasteiger charge is -2.34. The number of hydrogen-bond donors (Lipinski definition) is 1. The summed E-state index contributed by atoms with van der Waals surface area (Å²) in [4.78, 5) is 0. The van der Waals surface area contributed by atoms with Crippen molar-refractivity contribution in [2.24, 2.45) is 0 Å². The van der Waals surface area contributed by atoms with Gasteiger partial charge in [0, 0.05) is 19.2 Å². The van der Waals surface area contributed by atoms with Crippen molar-refractivity contribution in [1.29, 1.82) is 0 Å². The standard InChI is InChI=1S/C16H20N2O2/c1-3-18-15(7-9-17-18)16(19)8-6-12-4-5-14(20-2)10-13(12)11-16/h4-5,7,9-10,19H,3,6,8,11H2,1-2H3. The first-order chi connectivity index (χ1) is 9.66. The molecule has 4 heteroatoms. The summed E-state index contributed by atoms with van der Waals surface area (Å²) in [6.45, 7) is 2.81. The molecule has 0 aliphatic heterocycles.